The number of aromatic nitrogens is 2. The van der Waals surface area contributed by atoms with Crippen molar-refractivity contribution < 1.29 is 14.4 Å². The van der Waals surface area contributed by atoms with Crippen LogP contribution in [0.1, 0.15) is 22.6 Å². The van der Waals surface area contributed by atoms with E-state index in [1.54, 1.807) is 11.7 Å². The lowest BCUT2D eigenvalue weighted by Crippen LogP contribution is -2.47. The fourth-order valence-electron chi connectivity index (χ4n) is 4.95. The van der Waals surface area contributed by atoms with E-state index < -0.39 is 5.91 Å². The molecule has 7 nitrogen and oxygen atoms in total. The Hall–Kier alpha value is -1.96. The molecule has 2 bridgehead atoms. The van der Waals surface area contributed by atoms with Crippen LogP contribution in [0.2, 0.25) is 0 Å². The van der Waals surface area contributed by atoms with Gasteiger partial charge < -0.3 is 0 Å². The topological polar surface area (TPSA) is 84.3 Å². The van der Waals surface area contributed by atoms with Crippen molar-refractivity contribution in [1.82, 2.24) is 20.2 Å². The normalized spacial score (nSPS) is 37.3. The Morgan fingerprint density at radius 3 is 2.24 bits per heavy atom. The highest BCUT2D eigenvalue weighted by Crippen LogP contribution is 2.65. The Morgan fingerprint density at radius 1 is 1.20 bits per heavy atom. The van der Waals surface area contributed by atoms with Crippen molar-refractivity contribution in [1.29, 1.82) is 0 Å². The van der Waals surface area contributed by atoms with Gasteiger partial charge in [-0.05, 0) is 52.9 Å². The first-order valence-corrected chi connectivity index (χ1v) is 9.25. The van der Waals surface area contributed by atoms with E-state index >= 15 is 0 Å². The molecule has 2 heterocycles. The van der Waals surface area contributed by atoms with Gasteiger partial charge >= 0.3 is 0 Å². The predicted octanol–water partition coefficient (Wildman–Crippen LogP) is 1.19. The summed E-state index contributed by atoms with van der Waals surface area (Å²) in [6.07, 6.45) is 5.33. The minimum Gasteiger partial charge on any atom is -0.272 e. The number of halogens is 1. The first-order valence-electron chi connectivity index (χ1n) is 8.46. The Kier molecular flexibility index (Phi) is 2.94. The summed E-state index contributed by atoms with van der Waals surface area (Å²) in [4.78, 5) is 38.3. The molecule has 1 aromatic rings. The van der Waals surface area contributed by atoms with E-state index in [-0.39, 0.29) is 41.2 Å². The van der Waals surface area contributed by atoms with Crippen LogP contribution in [0.15, 0.2) is 16.6 Å². The molecule has 1 aliphatic heterocycles. The second kappa shape index (κ2) is 4.81. The first-order chi connectivity index (χ1) is 11.9. The van der Waals surface area contributed by atoms with Gasteiger partial charge in [0, 0.05) is 7.05 Å². The van der Waals surface area contributed by atoms with Crippen LogP contribution in [-0.2, 0) is 16.6 Å². The van der Waals surface area contributed by atoms with Crippen molar-refractivity contribution in [2.75, 3.05) is 0 Å². The number of imide groups is 1. The van der Waals surface area contributed by atoms with Gasteiger partial charge in [0.15, 0.2) is 5.69 Å². The van der Waals surface area contributed by atoms with Gasteiger partial charge in [-0.1, -0.05) is 12.2 Å². The number of amides is 3. The molecular weight excluding hydrogens is 388 g/mol. The van der Waals surface area contributed by atoms with E-state index in [2.05, 4.69) is 38.6 Å². The molecule has 25 heavy (non-hydrogen) atoms. The maximum absolute atomic E-state index is 12.8. The fourth-order valence-corrected chi connectivity index (χ4v) is 5.47. The molecule has 6 rings (SSSR count). The molecule has 1 saturated heterocycles. The molecule has 6 atom stereocenters. The van der Waals surface area contributed by atoms with E-state index in [0.717, 1.165) is 17.1 Å². The van der Waals surface area contributed by atoms with Crippen LogP contribution >= 0.6 is 15.9 Å². The number of allylic oxidation sites excluding steroid dienone is 2. The van der Waals surface area contributed by atoms with Crippen LogP contribution in [0.4, 0.5) is 0 Å². The average Bonchev–Trinajstić information content (AvgIpc) is 3.34. The molecule has 5 aliphatic rings. The number of nitrogens with zero attached hydrogens (tertiary/aromatic N) is 3. The number of carbonyl (C=O) groups excluding carboxylic acids is 3. The van der Waals surface area contributed by atoms with Gasteiger partial charge in [0.2, 0.25) is 0 Å². The lowest BCUT2D eigenvalue weighted by Gasteiger charge is -2.37. The van der Waals surface area contributed by atoms with E-state index in [4.69, 9.17) is 0 Å². The number of hydrogen-bond donors (Lipinski definition) is 1. The Morgan fingerprint density at radius 2 is 1.76 bits per heavy atom. The van der Waals surface area contributed by atoms with E-state index in [0.29, 0.717) is 16.3 Å². The third-order valence-corrected chi connectivity index (χ3v) is 7.30. The third kappa shape index (κ3) is 1.86. The summed E-state index contributed by atoms with van der Waals surface area (Å²) in [5.74, 6) is -0.396. The van der Waals surface area contributed by atoms with Crippen molar-refractivity contribution in [2.45, 2.75) is 13.3 Å². The zero-order chi connectivity index (χ0) is 17.6. The average molecular weight is 405 g/mol. The van der Waals surface area contributed by atoms with Crippen LogP contribution in [0, 0.1) is 42.4 Å². The van der Waals surface area contributed by atoms with Crippen LogP contribution in [0.25, 0.3) is 0 Å². The molecule has 8 heteroatoms. The SMILES string of the molecule is Cc1c(Br)c(C(=O)NN2C(=O)[C@H]3[C@@H]4C=C[C@@H]([C@H]5C[C@H]45)[C@@H]3C2=O)nn1C. The van der Waals surface area contributed by atoms with Gasteiger partial charge in [-0.25, -0.2) is 0 Å². The quantitative estimate of drug-likeness (QED) is 0.592. The molecule has 0 spiro atoms. The number of rotatable bonds is 2. The smallest absolute Gasteiger partial charge is 0.272 e. The zero-order valence-electron chi connectivity index (χ0n) is 13.8. The molecule has 3 amide bonds. The van der Waals surface area contributed by atoms with Crippen LogP contribution < -0.4 is 5.43 Å². The van der Waals surface area contributed by atoms with Crippen LogP contribution in [-0.4, -0.2) is 32.5 Å². The highest BCUT2D eigenvalue weighted by atomic mass is 79.9. The van der Waals surface area contributed by atoms with Gasteiger partial charge in [0.25, 0.3) is 17.7 Å². The van der Waals surface area contributed by atoms with Gasteiger partial charge in [-0.15, -0.1) is 0 Å². The second-order valence-corrected chi connectivity index (χ2v) is 8.27. The molecule has 0 aromatic carbocycles. The molecular formula is C17H17BrN4O3. The van der Waals surface area contributed by atoms with Gasteiger partial charge in [0.05, 0.1) is 22.0 Å². The number of carbonyl (C=O) groups is 3. The van der Waals surface area contributed by atoms with Crippen LogP contribution in [0.3, 0.4) is 0 Å². The maximum atomic E-state index is 12.8. The lowest BCUT2D eigenvalue weighted by molar-refractivity contribution is -0.143. The standard InChI is InChI=1S/C17H17BrN4O3/c1-6-13(18)14(19-21(6)2)15(23)20-22-16(24)11-7-3-4-8(10-5-9(7)10)12(11)17(22)25/h3-4,7-12H,5H2,1-2H3,(H,20,23)/t7-,8+,9-,10-,11+,12+/m1/s1. The minimum atomic E-state index is -0.554. The summed E-state index contributed by atoms with van der Waals surface area (Å²) in [6, 6.07) is 0. The van der Waals surface area contributed by atoms with Crippen LogP contribution in [0.5, 0.6) is 0 Å². The molecule has 3 fully saturated rings. The van der Waals surface area contributed by atoms with E-state index in [1.165, 1.54) is 0 Å². The summed E-state index contributed by atoms with van der Waals surface area (Å²) in [5, 5.41) is 5.09. The summed E-state index contributed by atoms with van der Waals surface area (Å²) >= 11 is 3.34. The van der Waals surface area contributed by atoms with E-state index in [9.17, 15) is 14.4 Å². The predicted molar refractivity (Wildman–Crippen MR) is 89.7 cm³/mol. The Balaban J connectivity index is 1.42. The first kappa shape index (κ1) is 15.3. The summed E-state index contributed by atoms with van der Waals surface area (Å²) in [6.45, 7) is 1.82. The number of aryl methyl sites for hydroxylation is 1. The second-order valence-electron chi connectivity index (χ2n) is 7.48. The zero-order valence-corrected chi connectivity index (χ0v) is 15.4. The number of hydrogen-bond acceptors (Lipinski definition) is 4. The highest BCUT2D eigenvalue weighted by molar-refractivity contribution is 9.10. The van der Waals surface area contributed by atoms with Crippen molar-refractivity contribution in [3.8, 4) is 0 Å². The van der Waals surface area contributed by atoms with Crippen molar-refractivity contribution in [3.05, 3.63) is 28.0 Å². The molecule has 1 aromatic heterocycles. The van der Waals surface area contributed by atoms with Gasteiger partial charge in [0.1, 0.15) is 0 Å². The molecule has 0 radical (unpaired) electrons. The van der Waals surface area contributed by atoms with Gasteiger partial charge in [-0.2, -0.15) is 10.1 Å². The molecule has 0 unspecified atom stereocenters. The maximum Gasteiger partial charge on any atom is 0.291 e. The van der Waals surface area contributed by atoms with Crippen molar-refractivity contribution in [2.24, 2.45) is 42.6 Å². The highest BCUT2D eigenvalue weighted by Gasteiger charge is 2.67. The molecule has 2 saturated carbocycles. The number of nitrogens with one attached hydrogen (secondary N) is 1. The largest absolute Gasteiger partial charge is 0.291 e. The van der Waals surface area contributed by atoms with E-state index in [1.807, 2.05) is 6.92 Å². The van der Waals surface area contributed by atoms with Gasteiger partial charge in [-0.3, -0.25) is 24.5 Å². The monoisotopic (exact) mass is 404 g/mol. The minimum absolute atomic E-state index is 0.141. The molecule has 130 valence electrons. The number of hydrazine groups is 1. The molecule has 1 N–H and O–H groups in total. The van der Waals surface area contributed by atoms with Crippen molar-refractivity contribution >= 4 is 33.7 Å². The molecule has 4 aliphatic carbocycles. The fraction of sp³-hybridized carbons (Fsp3) is 0.529. The Labute approximate surface area is 152 Å². The Bertz CT molecular complexity index is 839. The van der Waals surface area contributed by atoms with Crippen molar-refractivity contribution in [3.63, 3.8) is 0 Å². The third-order valence-electron chi connectivity index (χ3n) is 6.35. The summed E-state index contributed by atoms with van der Waals surface area (Å²) < 4.78 is 2.14. The summed E-state index contributed by atoms with van der Waals surface area (Å²) in [7, 11) is 1.73. The summed E-state index contributed by atoms with van der Waals surface area (Å²) in [5.41, 5.74) is 3.45. The lowest BCUT2D eigenvalue weighted by atomic mass is 9.63.